The first-order valence-corrected chi connectivity index (χ1v) is 6.41. The summed E-state index contributed by atoms with van der Waals surface area (Å²) in [6, 6.07) is 2.52. The first kappa shape index (κ1) is 16.8. The molecule has 1 N–H and O–H groups in total. The molecule has 114 valence electrons. The quantitative estimate of drug-likeness (QED) is 0.707. The number of benzene rings is 1. The molecule has 0 radical (unpaired) electrons. The maximum Gasteiger partial charge on any atom is 0.191 e. The zero-order valence-corrected chi connectivity index (χ0v) is 12.0. The molecule has 0 aliphatic heterocycles. The van der Waals surface area contributed by atoms with Crippen LogP contribution >= 0.6 is 0 Å². The van der Waals surface area contributed by atoms with Crippen LogP contribution in [0.4, 0.5) is 8.78 Å². The van der Waals surface area contributed by atoms with E-state index in [-0.39, 0.29) is 12.4 Å². The zero-order chi connectivity index (χ0) is 15.0. The monoisotopic (exact) mass is 289 g/mol. The van der Waals surface area contributed by atoms with Crippen molar-refractivity contribution in [3.63, 3.8) is 0 Å². The molecule has 1 rings (SSSR count). The fourth-order valence-electron chi connectivity index (χ4n) is 1.70. The van der Waals surface area contributed by atoms with Gasteiger partial charge in [-0.05, 0) is 24.6 Å². The molecule has 1 unspecified atom stereocenters. The molecule has 0 aliphatic carbocycles. The molecule has 0 aromatic heterocycles. The van der Waals surface area contributed by atoms with Crippen molar-refractivity contribution in [3.8, 4) is 5.75 Å². The Kier molecular flexibility index (Phi) is 7.43. The number of ether oxygens (including phenoxy) is 3. The first-order valence-electron chi connectivity index (χ1n) is 6.41. The van der Waals surface area contributed by atoms with Crippen LogP contribution in [-0.2, 0) is 16.0 Å². The van der Waals surface area contributed by atoms with Gasteiger partial charge in [-0.3, -0.25) is 0 Å². The van der Waals surface area contributed by atoms with Crippen molar-refractivity contribution in [2.45, 2.75) is 19.6 Å². The number of nitrogens with one attached hydrogen (secondary N) is 1. The average Bonchev–Trinajstić information content (AvgIpc) is 2.39. The lowest BCUT2D eigenvalue weighted by atomic mass is 10.2. The normalized spacial score (nSPS) is 12.4. The summed E-state index contributed by atoms with van der Waals surface area (Å²) in [4.78, 5) is 0. The van der Waals surface area contributed by atoms with Crippen LogP contribution in [-0.4, -0.2) is 40.1 Å². The van der Waals surface area contributed by atoms with Crippen molar-refractivity contribution in [2.75, 3.05) is 34.0 Å². The molecule has 0 amide bonds. The Labute approximate surface area is 118 Å². The Bertz CT molecular complexity index is 392. The van der Waals surface area contributed by atoms with Crippen LogP contribution in [0.1, 0.15) is 12.5 Å². The first-order chi connectivity index (χ1) is 9.58. The van der Waals surface area contributed by atoms with Gasteiger partial charge in [0.25, 0.3) is 0 Å². The van der Waals surface area contributed by atoms with E-state index >= 15 is 0 Å². The Morgan fingerprint density at radius 2 is 1.80 bits per heavy atom. The van der Waals surface area contributed by atoms with Gasteiger partial charge in [0, 0.05) is 27.3 Å². The number of halogens is 2. The minimum atomic E-state index is -0.712. The van der Waals surface area contributed by atoms with Gasteiger partial charge >= 0.3 is 0 Å². The van der Waals surface area contributed by atoms with E-state index in [1.807, 2.05) is 0 Å². The summed E-state index contributed by atoms with van der Waals surface area (Å²) in [7, 11) is 3.09. The van der Waals surface area contributed by atoms with Crippen molar-refractivity contribution in [2.24, 2.45) is 0 Å². The van der Waals surface area contributed by atoms with Crippen LogP contribution in [0.25, 0.3) is 0 Å². The van der Waals surface area contributed by atoms with Crippen LogP contribution in [0.5, 0.6) is 5.75 Å². The second kappa shape index (κ2) is 8.84. The molecule has 1 aromatic carbocycles. The Balaban J connectivity index is 2.66. The molecule has 1 atom stereocenters. The van der Waals surface area contributed by atoms with Gasteiger partial charge < -0.3 is 19.5 Å². The second-order valence-corrected chi connectivity index (χ2v) is 4.44. The molecule has 20 heavy (non-hydrogen) atoms. The lowest BCUT2D eigenvalue weighted by molar-refractivity contribution is 0.0862. The molecular weight excluding hydrogens is 268 g/mol. The highest BCUT2D eigenvalue weighted by atomic mass is 19.1. The maximum atomic E-state index is 13.8. The molecule has 1 aromatic rings. The van der Waals surface area contributed by atoms with Crippen LogP contribution in [0.2, 0.25) is 0 Å². The van der Waals surface area contributed by atoms with Gasteiger partial charge in [-0.1, -0.05) is 0 Å². The maximum absolute atomic E-state index is 13.8. The highest BCUT2D eigenvalue weighted by molar-refractivity contribution is 5.31. The number of rotatable bonds is 9. The van der Waals surface area contributed by atoms with Crippen molar-refractivity contribution in [1.82, 2.24) is 5.32 Å². The molecule has 0 bridgehead atoms. The summed E-state index contributed by atoms with van der Waals surface area (Å²) in [5.74, 6) is -1.79. The summed E-state index contributed by atoms with van der Waals surface area (Å²) in [6.45, 7) is 3.47. The number of hydrogen-bond donors (Lipinski definition) is 1. The van der Waals surface area contributed by atoms with Crippen LogP contribution in [0.3, 0.4) is 0 Å². The minimum absolute atomic E-state index is 0.263. The molecule has 0 heterocycles. The van der Waals surface area contributed by atoms with Gasteiger partial charge in [0.05, 0.1) is 13.2 Å². The smallest absolute Gasteiger partial charge is 0.191 e. The van der Waals surface area contributed by atoms with E-state index in [1.54, 1.807) is 14.0 Å². The van der Waals surface area contributed by atoms with E-state index in [0.717, 1.165) is 0 Å². The van der Waals surface area contributed by atoms with Gasteiger partial charge in [0.2, 0.25) is 0 Å². The third-order valence-electron chi connectivity index (χ3n) is 2.59. The second-order valence-electron chi connectivity index (χ2n) is 4.44. The molecule has 0 saturated heterocycles. The third kappa shape index (κ3) is 5.40. The topological polar surface area (TPSA) is 39.7 Å². The molecule has 0 spiro atoms. The van der Waals surface area contributed by atoms with Crippen molar-refractivity contribution in [1.29, 1.82) is 0 Å². The van der Waals surface area contributed by atoms with E-state index in [2.05, 4.69) is 5.32 Å². The van der Waals surface area contributed by atoms with Crippen molar-refractivity contribution in [3.05, 3.63) is 29.3 Å². The van der Waals surface area contributed by atoms with E-state index < -0.39 is 17.7 Å². The largest absolute Gasteiger partial charge is 0.482 e. The average molecular weight is 289 g/mol. The molecule has 4 nitrogen and oxygen atoms in total. The Morgan fingerprint density at radius 3 is 2.35 bits per heavy atom. The SMILES string of the molecule is COCCNCc1cc(F)c(OC(C)COC)c(F)c1. The zero-order valence-electron chi connectivity index (χ0n) is 12.0. The molecule has 0 fully saturated rings. The predicted octanol–water partition coefficient (Wildman–Crippen LogP) is 2.11. The molecular formula is C14H21F2NO3. The molecule has 6 heteroatoms. The lowest BCUT2D eigenvalue weighted by Gasteiger charge is -2.15. The fourth-order valence-corrected chi connectivity index (χ4v) is 1.70. The van der Waals surface area contributed by atoms with Gasteiger partial charge in [0.1, 0.15) is 6.10 Å². The number of methoxy groups -OCH3 is 2. The van der Waals surface area contributed by atoms with Gasteiger partial charge in [-0.15, -0.1) is 0 Å². The van der Waals surface area contributed by atoms with Gasteiger partial charge in [0.15, 0.2) is 17.4 Å². The minimum Gasteiger partial charge on any atom is -0.482 e. The number of hydrogen-bond acceptors (Lipinski definition) is 4. The van der Waals surface area contributed by atoms with Crippen LogP contribution in [0.15, 0.2) is 12.1 Å². The lowest BCUT2D eigenvalue weighted by Crippen LogP contribution is -2.20. The van der Waals surface area contributed by atoms with Crippen molar-refractivity contribution < 1.29 is 23.0 Å². The standard InChI is InChI=1S/C14H21F2NO3/c1-10(9-19-3)20-14-12(15)6-11(7-13(14)16)8-17-4-5-18-2/h6-7,10,17H,4-5,8-9H2,1-3H3. The summed E-state index contributed by atoms with van der Waals surface area (Å²) >= 11 is 0. The van der Waals surface area contributed by atoms with E-state index in [4.69, 9.17) is 14.2 Å². The van der Waals surface area contributed by atoms with E-state index in [1.165, 1.54) is 19.2 Å². The van der Waals surface area contributed by atoms with Crippen molar-refractivity contribution >= 4 is 0 Å². The van der Waals surface area contributed by atoms with Gasteiger partial charge in [-0.2, -0.15) is 0 Å². The van der Waals surface area contributed by atoms with Crippen LogP contribution < -0.4 is 10.1 Å². The summed E-state index contributed by atoms with van der Waals surface area (Å²) in [5.41, 5.74) is 0.517. The summed E-state index contributed by atoms with van der Waals surface area (Å²) in [5, 5.41) is 3.02. The Hall–Kier alpha value is -1.24. The predicted molar refractivity (Wildman–Crippen MR) is 71.9 cm³/mol. The third-order valence-corrected chi connectivity index (χ3v) is 2.59. The molecule has 0 saturated carbocycles. The van der Waals surface area contributed by atoms with Crippen LogP contribution in [0, 0.1) is 11.6 Å². The van der Waals surface area contributed by atoms with E-state index in [0.29, 0.717) is 25.3 Å². The summed E-state index contributed by atoms with van der Waals surface area (Å²) in [6.07, 6.45) is -0.422. The molecule has 0 aliphatic rings. The van der Waals surface area contributed by atoms with E-state index in [9.17, 15) is 8.78 Å². The Morgan fingerprint density at radius 1 is 1.15 bits per heavy atom. The highest BCUT2D eigenvalue weighted by Gasteiger charge is 2.15. The highest BCUT2D eigenvalue weighted by Crippen LogP contribution is 2.24. The fraction of sp³-hybridized carbons (Fsp3) is 0.571. The van der Waals surface area contributed by atoms with Gasteiger partial charge in [-0.25, -0.2) is 8.78 Å². The summed E-state index contributed by atoms with van der Waals surface area (Å²) < 4.78 is 42.6.